The molecule has 0 amide bonds. The van der Waals surface area contributed by atoms with Crippen LogP contribution < -0.4 is 5.32 Å². The van der Waals surface area contributed by atoms with Crippen LogP contribution in [0.5, 0.6) is 0 Å². The molecule has 1 heterocycles. The number of nitrogens with zero attached hydrogens (tertiary/aromatic N) is 1. The molecule has 0 spiro atoms. The SMILES string of the molecule is COC(=O)CN1CC(C)CC(NC2CCCC2)C1. The third kappa shape index (κ3) is 3.95. The van der Waals surface area contributed by atoms with Crippen molar-refractivity contribution in [3.63, 3.8) is 0 Å². The van der Waals surface area contributed by atoms with Crippen molar-refractivity contribution in [2.75, 3.05) is 26.7 Å². The van der Waals surface area contributed by atoms with E-state index >= 15 is 0 Å². The first-order chi connectivity index (χ1) is 8.67. The van der Waals surface area contributed by atoms with E-state index in [-0.39, 0.29) is 5.97 Å². The van der Waals surface area contributed by atoms with Crippen molar-refractivity contribution in [2.24, 2.45) is 5.92 Å². The van der Waals surface area contributed by atoms with Crippen LogP contribution in [0.4, 0.5) is 0 Å². The lowest BCUT2D eigenvalue weighted by atomic mass is 9.95. The summed E-state index contributed by atoms with van der Waals surface area (Å²) in [6.07, 6.45) is 6.61. The number of esters is 1. The third-order valence-corrected chi connectivity index (χ3v) is 4.14. The normalized spacial score (nSPS) is 30.6. The van der Waals surface area contributed by atoms with Gasteiger partial charge in [-0.2, -0.15) is 0 Å². The van der Waals surface area contributed by atoms with E-state index in [1.54, 1.807) is 0 Å². The number of likely N-dealkylation sites (tertiary alicyclic amines) is 1. The second-order valence-corrected chi connectivity index (χ2v) is 5.96. The van der Waals surface area contributed by atoms with Crippen LogP contribution in [0.25, 0.3) is 0 Å². The van der Waals surface area contributed by atoms with Crippen LogP contribution in [0, 0.1) is 5.92 Å². The molecule has 0 aromatic heterocycles. The van der Waals surface area contributed by atoms with Crippen LogP contribution >= 0.6 is 0 Å². The molecule has 1 N–H and O–H groups in total. The van der Waals surface area contributed by atoms with Crippen LogP contribution in [0.2, 0.25) is 0 Å². The number of methoxy groups -OCH3 is 1. The Balaban J connectivity index is 1.81. The molecule has 18 heavy (non-hydrogen) atoms. The van der Waals surface area contributed by atoms with E-state index in [0.29, 0.717) is 24.5 Å². The topological polar surface area (TPSA) is 41.6 Å². The number of piperidine rings is 1. The van der Waals surface area contributed by atoms with Crippen LogP contribution in [0.15, 0.2) is 0 Å². The van der Waals surface area contributed by atoms with E-state index in [1.807, 2.05) is 0 Å². The molecule has 1 aliphatic heterocycles. The summed E-state index contributed by atoms with van der Waals surface area (Å²) in [5.74, 6) is 0.533. The summed E-state index contributed by atoms with van der Waals surface area (Å²) in [7, 11) is 1.46. The fourth-order valence-corrected chi connectivity index (χ4v) is 3.38. The second-order valence-electron chi connectivity index (χ2n) is 5.96. The minimum absolute atomic E-state index is 0.122. The van der Waals surface area contributed by atoms with Gasteiger partial charge in [-0.15, -0.1) is 0 Å². The zero-order chi connectivity index (χ0) is 13.0. The van der Waals surface area contributed by atoms with Gasteiger partial charge in [0.2, 0.25) is 0 Å². The quantitative estimate of drug-likeness (QED) is 0.770. The fraction of sp³-hybridized carbons (Fsp3) is 0.929. The maximum Gasteiger partial charge on any atom is 0.319 e. The number of hydrogen-bond acceptors (Lipinski definition) is 4. The highest BCUT2D eigenvalue weighted by Crippen LogP contribution is 2.22. The van der Waals surface area contributed by atoms with Gasteiger partial charge in [0.15, 0.2) is 0 Å². The Labute approximate surface area is 110 Å². The average Bonchev–Trinajstić information content (AvgIpc) is 2.80. The molecule has 2 atom stereocenters. The lowest BCUT2D eigenvalue weighted by molar-refractivity contribution is -0.142. The largest absolute Gasteiger partial charge is 0.468 e. The summed E-state index contributed by atoms with van der Waals surface area (Å²) >= 11 is 0. The molecule has 0 radical (unpaired) electrons. The van der Waals surface area contributed by atoms with Crippen molar-refractivity contribution in [1.29, 1.82) is 0 Å². The smallest absolute Gasteiger partial charge is 0.319 e. The number of carbonyl (C=O) groups excluding carboxylic acids is 1. The van der Waals surface area contributed by atoms with E-state index in [0.717, 1.165) is 13.1 Å². The average molecular weight is 254 g/mol. The van der Waals surface area contributed by atoms with Gasteiger partial charge in [0.25, 0.3) is 0 Å². The molecular weight excluding hydrogens is 228 g/mol. The first-order valence-corrected chi connectivity index (χ1v) is 7.22. The summed E-state index contributed by atoms with van der Waals surface area (Å²) in [6.45, 7) is 4.70. The number of nitrogens with one attached hydrogen (secondary N) is 1. The molecule has 2 unspecified atom stereocenters. The molecule has 2 fully saturated rings. The molecule has 2 aliphatic rings. The maximum atomic E-state index is 11.4. The lowest BCUT2D eigenvalue weighted by Crippen LogP contribution is -2.52. The maximum absolute atomic E-state index is 11.4. The minimum atomic E-state index is -0.122. The summed E-state index contributed by atoms with van der Waals surface area (Å²) in [5.41, 5.74) is 0. The molecule has 1 saturated heterocycles. The summed E-state index contributed by atoms with van der Waals surface area (Å²) in [4.78, 5) is 13.6. The van der Waals surface area contributed by atoms with E-state index in [4.69, 9.17) is 4.74 Å². The van der Waals surface area contributed by atoms with Gasteiger partial charge in [-0.1, -0.05) is 19.8 Å². The molecule has 0 aromatic rings. The van der Waals surface area contributed by atoms with Crippen molar-refractivity contribution in [3.8, 4) is 0 Å². The van der Waals surface area contributed by atoms with E-state index in [2.05, 4.69) is 17.1 Å². The second kappa shape index (κ2) is 6.53. The van der Waals surface area contributed by atoms with Crippen molar-refractivity contribution in [1.82, 2.24) is 10.2 Å². The highest BCUT2D eigenvalue weighted by atomic mass is 16.5. The first kappa shape index (κ1) is 13.8. The predicted octanol–water partition coefficient (Wildman–Crippen LogP) is 1.40. The van der Waals surface area contributed by atoms with Crippen LogP contribution in [-0.4, -0.2) is 49.7 Å². The molecule has 0 bridgehead atoms. The van der Waals surface area contributed by atoms with Gasteiger partial charge in [0.1, 0.15) is 0 Å². The van der Waals surface area contributed by atoms with Gasteiger partial charge >= 0.3 is 5.97 Å². The van der Waals surface area contributed by atoms with Crippen molar-refractivity contribution < 1.29 is 9.53 Å². The molecule has 1 aliphatic carbocycles. The molecule has 4 heteroatoms. The summed E-state index contributed by atoms with van der Waals surface area (Å²) in [6, 6.07) is 1.25. The Morgan fingerprint density at radius 3 is 2.67 bits per heavy atom. The van der Waals surface area contributed by atoms with Gasteiger partial charge < -0.3 is 10.1 Å². The number of carbonyl (C=O) groups is 1. The fourth-order valence-electron chi connectivity index (χ4n) is 3.38. The Bertz CT molecular complexity index is 277. The Morgan fingerprint density at radius 1 is 1.28 bits per heavy atom. The Morgan fingerprint density at radius 2 is 2.00 bits per heavy atom. The number of ether oxygens (including phenoxy) is 1. The molecule has 1 saturated carbocycles. The van der Waals surface area contributed by atoms with Crippen molar-refractivity contribution in [3.05, 3.63) is 0 Å². The van der Waals surface area contributed by atoms with Crippen LogP contribution in [-0.2, 0) is 9.53 Å². The third-order valence-electron chi connectivity index (χ3n) is 4.14. The monoisotopic (exact) mass is 254 g/mol. The van der Waals surface area contributed by atoms with Gasteiger partial charge in [-0.05, 0) is 25.2 Å². The van der Waals surface area contributed by atoms with Crippen molar-refractivity contribution in [2.45, 2.75) is 51.1 Å². The predicted molar refractivity (Wildman–Crippen MR) is 71.4 cm³/mol. The lowest BCUT2D eigenvalue weighted by Gasteiger charge is -2.37. The van der Waals surface area contributed by atoms with Crippen molar-refractivity contribution >= 4 is 5.97 Å². The number of rotatable bonds is 4. The van der Waals surface area contributed by atoms with Gasteiger partial charge in [-0.3, -0.25) is 9.69 Å². The standard InChI is InChI=1S/C14H26N2O2/c1-11-7-13(15-12-5-3-4-6-12)9-16(8-11)10-14(17)18-2/h11-13,15H,3-10H2,1-2H3. The summed E-state index contributed by atoms with van der Waals surface area (Å²) < 4.78 is 4.76. The highest BCUT2D eigenvalue weighted by Gasteiger charge is 2.28. The zero-order valence-corrected chi connectivity index (χ0v) is 11.7. The van der Waals surface area contributed by atoms with Gasteiger partial charge in [0.05, 0.1) is 13.7 Å². The zero-order valence-electron chi connectivity index (χ0n) is 11.7. The van der Waals surface area contributed by atoms with Crippen LogP contribution in [0.1, 0.15) is 39.0 Å². The first-order valence-electron chi connectivity index (χ1n) is 7.22. The Kier molecular flexibility index (Phi) is 5.01. The van der Waals surface area contributed by atoms with Gasteiger partial charge in [0, 0.05) is 25.2 Å². The molecule has 4 nitrogen and oxygen atoms in total. The molecule has 2 rings (SSSR count). The van der Waals surface area contributed by atoms with E-state index < -0.39 is 0 Å². The number of hydrogen-bond donors (Lipinski definition) is 1. The van der Waals surface area contributed by atoms with E-state index in [1.165, 1.54) is 39.2 Å². The Hall–Kier alpha value is -0.610. The molecule has 104 valence electrons. The molecular formula is C14H26N2O2. The highest BCUT2D eigenvalue weighted by molar-refractivity contribution is 5.71. The minimum Gasteiger partial charge on any atom is -0.468 e. The van der Waals surface area contributed by atoms with Crippen LogP contribution in [0.3, 0.4) is 0 Å². The molecule has 0 aromatic carbocycles. The van der Waals surface area contributed by atoms with Gasteiger partial charge in [-0.25, -0.2) is 0 Å². The summed E-state index contributed by atoms with van der Waals surface area (Å²) in [5, 5.41) is 3.78. The van der Waals surface area contributed by atoms with E-state index in [9.17, 15) is 4.79 Å².